The first-order valence-electron chi connectivity index (χ1n) is 19.6. The Morgan fingerprint density at radius 1 is 0.345 bits per heavy atom. The lowest BCUT2D eigenvalue weighted by atomic mass is 10.0. The van der Waals surface area contributed by atoms with Gasteiger partial charge < -0.3 is 18.0 Å². The van der Waals surface area contributed by atoms with Gasteiger partial charge in [0.05, 0.1) is 27.8 Å². The van der Waals surface area contributed by atoms with Crippen molar-refractivity contribution >= 4 is 87.4 Å². The lowest BCUT2D eigenvalue weighted by molar-refractivity contribution is 0.620. The van der Waals surface area contributed by atoms with Gasteiger partial charge in [-0.1, -0.05) is 109 Å². The van der Waals surface area contributed by atoms with E-state index in [1.54, 1.807) is 0 Å². The maximum atomic E-state index is 6.83. The molecule has 13 rings (SSSR count). The molecule has 9 aromatic carbocycles. The molecule has 4 heterocycles. The summed E-state index contributed by atoms with van der Waals surface area (Å²) in [6, 6.07) is 66.7. The SMILES string of the molecule is c1ccc(-c2nc3cc(-c4ccc5c(c4)oc4c6ccccc6c(-n6c7ccccc7c7cc8c9ccccc9n(-c9ccccc9)c8cc76)cc54)ccc3o2)cc1. The first-order valence-corrected chi connectivity index (χ1v) is 19.6. The van der Waals surface area contributed by atoms with Crippen molar-refractivity contribution in [1.82, 2.24) is 14.1 Å². The van der Waals surface area contributed by atoms with Crippen molar-refractivity contribution in [2.75, 3.05) is 0 Å². The Hall–Kier alpha value is -7.89. The normalized spacial score (nSPS) is 12.1. The van der Waals surface area contributed by atoms with Gasteiger partial charge in [-0.2, -0.15) is 0 Å². The third-order valence-corrected chi connectivity index (χ3v) is 11.9. The fourth-order valence-electron chi connectivity index (χ4n) is 9.30. The summed E-state index contributed by atoms with van der Waals surface area (Å²) in [4.78, 5) is 4.83. The molecule has 5 heteroatoms. The third-order valence-electron chi connectivity index (χ3n) is 11.9. The lowest BCUT2D eigenvalue weighted by Crippen LogP contribution is -1.97. The molecule has 4 aromatic heterocycles. The predicted octanol–water partition coefficient (Wildman–Crippen LogP) is 14.4. The summed E-state index contributed by atoms with van der Waals surface area (Å²) in [6.45, 7) is 0. The highest BCUT2D eigenvalue weighted by atomic mass is 16.3. The van der Waals surface area contributed by atoms with Crippen molar-refractivity contribution in [1.29, 1.82) is 0 Å². The number of benzene rings is 9. The number of fused-ring (bicyclic) bond motifs is 12. The minimum atomic E-state index is 0.620. The molecule has 0 bridgehead atoms. The second-order valence-electron chi connectivity index (χ2n) is 15.1. The van der Waals surface area contributed by atoms with Gasteiger partial charge in [-0.05, 0) is 90.0 Å². The third kappa shape index (κ3) is 4.44. The molecule has 0 saturated heterocycles. The van der Waals surface area contributed by atoms with Crippen LogP contribution < -0.4 is 0 Å². The molecule has 0 saturated carbocycles. The molecule has 5 nitrogen and oxygen atoms in total. The number of oxazole rings is 1. The van der Waals surface area contributed by atoms with Crippen LogP contribution in [0.3, 0.4) is 0 Å². The zero-order chi connectivity index (χ0) is 37.9. The van der Waals surface area contributed by atoms with Crippen LogP contribution in [0, 0.1) is 0 Å². The molecule has 0 aliphatic carbocycles. The van der Waals surface area contributed by atoms with Gasteiger partial charge >= 0.3 is 0 Å². The Bertz CT molecular complexity index is 3790. The van der Waals surface area contributed by atoms with Crippen molar-refractivity contribution in [2.45, 2.75) is 0 Å². The summed E-state index contributed by atoms with van der Waals surface area (Å²) in [5.41, 5.74) is 13.3. The monoisotopic (exact) mass is 741 g/mol. The van der Waals surface area contributed by atoms with E-state index in [0.29, 0.717) is 5.89 Å². The average Bonchev–Trinajstić information content (AvgIpc) is 4.05. The van der Waals surface area contributed by atoms with Gasteiger partial charge in [0.1, 0.15) is 16.7 Å². The van der Waals surface area contributed by atoms with E-state index in [9.17, 15) is 0 Å². The maximum Gasteiger partial charge on any atom is 0.227 e. The number of hydrogen-bond donors (Lipinski definition) is 0. The van der Waals surface area contributed by atoms with Gasteiger partial charge in [-0.15, -0.1) is 0 Å². The highest BCUT2D eigenvalue weighted by Crippen LogP contribution is 2.44. The van der Waals surface area contributed by atoms with Crippen LogP contribution >= 0.6 is 0 Å². The molecule has 0 radical (unpaired) electrons. The van der Waals surface area contributed by atoms with Crippen LogP contribution in [-0.2, 0) is 0 Å². The number of rotatable bonds is 4. The van der Waals surface area contributed by atoms with Crippen molar-refractivity contribution in [3.05, 3.63) is 188 Å². The molecule has 0 aliphatic rings. The van der Waals surface area contributed by atoms with Crippen LogP contribution in [0.15, 0.2) is 197 Å². The number of hydrogen-bond acceptors (Lipinski definition) is 3. The first kappa shape index (κ1) is 31.3. The number of aromatic nitrogens is 3. The number of furan rings is 1. The highest BCUT2D eigenvalue weighted by molar-refractivity contribution is 6.22. The van der Waals surface area contributed by atoms with Crippen molar-refractivity contribution in [3.63, 3.8) is 0 Å². The Kier molecular flexibility index (Phi) is 6.38. The van der Waals surface area contributed by atoms with Crippen LogP contribution in [0.5, 0.6) is 0 Å². The highest BCUT2D eigenvalue weighted by Gasteiger charge is 2.22. The van der Waals surface area contributed by atoms with E-state index in [-0.39, 0.29) is 0 Å². The predicted molar refractivity (Wildman–Crippen MR) is 238 cm³/mol. The lowest BCUT2D eigenvalue weighted by Gasteiger charge is -2.13. The van der Waals surface area contributed by atoms with Crippen LogP contribution in [0.25, 0.3) is 121 Å². The number of nitrogens with zero attached hydrogens (tertiary/aromatic N) is 3. The summed E-state index contributed by atoms with van der Waals surface area (Å²) < 4.78 is 17.8. The molecule has 0 fully saturated rings. The van der Waals surface area contributed by atoms with Gasteiger partial charge in [0.15, 0.2) is 5.58 Å². The Labute approximate surface area is 331 Å². The van der Waals surface area contributed by atoms with Gasteiger partial charge in [-0.3, -0.25) is 0 Å². The second kappa shape index (κ2) is 11.8. The molecule has 0 spiro atoms. The largest absolute Gasteiger partial charge is 0.455 e. The van der Waals surface area contributed by atoms with Gasteiger partial charge in [0.25, 0.3) is 0 Å². The van der Waals surface area contributed by atoms with E-state index in [1.165, 1.54) is 38.1 Å². The fourth-order valence-corrected chi connectivity index (χ4v) is 9.30. The first-order chi connectivity index (χ1) is 28.7. The van der Waals surface area contributed by atoms with Crippen LogP contribution in [-0.4, -0.2) is 14.1 Å². The molecule has 0 unspecified atom stereocenters. The molecule has 0 N–H and O–H groups in total. The van der Waals surface area contributed by atoms with E-state index in [0.717, 1.165) is 77.4 Å². The molecule has 0 amide bonds. The Morgan fingerprint density at radius 2 is 0.966 bits per heavy atom. The Balaban J connectivity index is 1.04. The van der Waals surface area contributed by atoms with Gasteiger partial charge in [-0.25, -0.2) is 4.98 Å². The van der Waals surface area contributed by atoms with E-state index < -0.39 is 0 Å². The minimum absolute atomic E-state index is 0.620. The Morgan fingerprint density at radius 3 is 1.74 bits per heavy atom. The van der Waals surface area contributed by atoms with Crippen LogP contribution in [0.2, 0.25) is 0 Å². The van der Waals surface area contributed by atoms with Crippen molar-refractivity contribution in [3.8, 4) is 34.0 Å². The summed E-state index contributed by atoms with van der Waals surface area (Å²) in [6.07, 6.45) is 0. The summed E-state index contributed by atoms with van der Waals surface area (Å²) in [5.74, 6) is 0.620. The van der Waals surface area contributed by atoms with Crippen molar-refractivity contribution < 1.29 is 8.83 Å². The average molecular weight is 742 g/mol. The fraction of sp³-hybridized carbons (Fsp3) is 0. The van der Waals surface area contributed by atoms with E-state index >= 15 is 0 Å². The summed E-state index contributed by atoms with van der Waals surface area (Å²) in [5, 5.41) is 9.31. The van der Waals surface area contributed by atoms with Gasteiger partial charge in [0, 0.05) is 54.3 Å². The second-order valence-corrected chi connectivity index (χ2v) is 15.1. The molecular formula is C53H31N3O2. The molecule has 13 aromatic rings. The standard InChI is InChI=1S/C53H31N3O2/c1-3-13-32(14-4-1)53-54-44-27-33(24-26-50(44)58-53)34-23-25-39-43-30-47(36-17-7-8-20-40(36)52(43)57-51(39)28-34)56-46-22-12-10-19-38(46)42-29-41-37-18-9-11-21-45(37)55(48(41)31-49(42)56)35-15-5-2-6-16-35/h1-31H. The van der Waals surface area contributed by atoms with Crippen LogP contribution in [0.1, 0.15) is 0 Å². The molecule has 270 valence electrons. The zero-order valence-corrected chi connectivity index (χ0v) is 31.1. The van der Waals surface area contributed by atoms with E-state index in [4.69, 9.17) is 13.8 Å². The van der Waals surface area contributed by atoms with E-state index in [1.807, 2.05) is 36.4 Å². The van der Waals surface area contributed by atoms with Crippen molar-refractivity contribution in [2.24, 2.45) is 0 Å². The van der Waals surface area contributed by atoms with Gasteiger partial charge in [0.2, 0.25) is 5.89 Å². The number of para-hydroxylation sites is 3. The zero-order valence-electron chi connectivity index (χ0n) is 31.1. The molecule has 58 heavy (non-hydrogen) atoms. The van der Waals surface area contributed by atoms with E-state index in [2.05, 4.69) is 161 Å². The maximum absolute atomic E-state index is 6.83. The molecule has 0 aliphatic heterocycles. The molecule has 0 atom stereocenters. The quantitative estimate of drug-likeness (QED) is 0.180. The smallest absolute Gasteiger partial charge is 0.227 e. The summed E-state index contributed by atoms with van der Waals surface area (Å²) >= 11 is 0. The van der Waals surface area contributed by atoms with Crippen LogP contribution in [0.4, 0.5) is 0 Å². The minimum Gasteiger partial charge on any atom is -0.455 e. The summed E-state index contributed by atoms with van der Waals surface area (Å²) in [7, 11) is 0. The topological polar surface area (TPSA) is 49.0 Å². The molecular weight excluding hydrogens is 711 g/mol.